The molecule has 17 heavy (non-hydrogen) atoms. The lowest BCUT2D eigenvalue weighted by molar-refractivity contribution is -0.141. The van der Waals surface area contributed by atoms with Gasteiger partial charge in [0.2, 0.25) is 5.91 Å². The van der Waals surface area contributed by atoms with Gasteiger partial charge in [-0.25, -0.2) is 0 Å². The van der Waals surface area contributed by atoms with Crippen LogP contribution in [0, 0.1) is 11.3 Å². The predicted molar refractivity (Wildman–Crippen MR) is 65.6 cm³/mol. The molecule has 1 fully saturated rings. The van der Waals surface area contributed by atoms with Crippen molar-refractivity contribution in [3.05, 3.63) is 0 Å². The molecule has 0 bridgehead atoms. The van der Waals surface area contributed by atoms with E-state index in [-0.39, 0.29) is 11.3 Å². The monoisotopic (exact) mass is 241 g/mol. The molecule has 0 heterocycles. The van der Waals surface area contributed by atoms with Crippen molar-refractivity contribution in [1.82, 2.24) is 5.32 Å². The van der Waals surface area contributed by atoms with Gasteiger partial charge in [-0.3, -0.25) is 9.59 Å². The number of hydrogen-bond acceptors (Lipinski definition) is 2. The van der Waals surface area contributed by atoms with Gasteiger partial charge in [0.1, 0.15) is 0 Å². The maximum atomic E-state index is 12.1. The zero-order valence-electron chi connectivity index (χ0n) is 10.8. The Labute approximate surface area is 103 Å². The summed E-state index contributed by atoms with van der Waals surface area (Å²) in [6.45, 7) is 4.19. The van der Waals surface area contributed by atoms with E-state index in [2.05, 4.69) is 12.2 Å². The molecule has 1 amide bonds. The van der Waals surface area contributed by atoms with Crippen molar-refractivity contribution in [2.24, 2.45) is 11.3 Å². The fourth-order valence-corrected chi connectivity index (χ4v) is 2.51. The Morgan fingerprint density at radius 1 is 1.35 bits per heavy atom. The fourth-order valence-electron chi connectivity index (χ4n) is 2.51. The summed E-state index contributed by atoms with van der Waals surface area (Å²) >= 11 is 0. The highest BCUT2D eigenvalue weighted by molar-refractivity contribution is 5.82. The van der Waals surface area contributed by atoms with Crippen LogP contribution >= 0.6 is 0 Å². The topological polar surface area (TPSA) is 66.4 Å². The van der Waals surface area contributed by atoms with Gasteiger partial charge in [0.05, 0.1) is 5.92 Å². The molecule has 0 aromatic rings. The van der Waals surface area contributed by atoms with E-state index >= 15 is 0 Å². The van der Waals surface area contributed by atoms with Gasteiger partial charge in [0.25, 0.3) is 0 Å². The van der Waals surface area contributed by atoms with Crippen molar-refractivity contribution in [1.29, 1.82) is 0 Å². The normalized spacial score (nSPS) is 19.9. The second kappa shape index (κ2) is 6.03. The Balaban J connectivity index is 2.36. The number of aliphatic carboxylic acids is 1. The largest absolute Gasteiger partial charge is 0.481 e. The van der Waals surface area contributed by atoms with Crippen LogP contribution in [0.25, 0.3) is 0 Å². The SMILES string of the molecule is CCC1(C(=O)NCCC(C)C(=O)O)CCCC1. The van der Waals surface area contributed by atoms with Crippen LogP contribution in [-0.2, 0) is 9.59 Å². The van der Waals surface area contributed by atoms with E-state index in [0.29, 0.717) is 13.0 Å². The first-order valence-electron chi connectivity index (χ1n) is 6.53. The number of carboxylic acid groups (broad SMARTS) is 1. The third-order valence-electron chi connectivity index (χ3n) is 4.00. The highest BCUT2D eigenvalue weighted by Gasteiger charge is 2.38. The van der Waals surface area contributed by atoms with Crippen LogP contribution < -0.4 is 5.32 Å². The van der Waals surface area contributed by atoms with Gasteiger partial charge in [0.15, 0.2) is 0 Å². The maximum Gasteiger partial charge on any atom is 0.306 e. The smallest absolute Gasteiger partial charge is 0.306 e. The highest BCUT2D eigenvalue weighted by atomic mass is 16.4. The second-order valence-corrected chi connectivity index (χ2v) is 5.12. The number of carbonyl (C=O) groups is 2. The van der Waals surface area contributed by atoms with Crippen LogP contribution in [-0.4, -0.2) is 23.5 Å². The summed E-state index contributed by atoms with van der Waals surface area (Å²) in [4.78, 5) is 22.7. The Morgan fingerprint density at radius 2 is 1.94 bits per heavy atom. The van der Waals surface area contributed by atoms with Crippen molar-refractivity contribution < 1.29 is 14.7 Å². The molecule has 0 spiro atoms. The molecule has 1 unspecified atom stereocenters. The lowest BCUT2D eigenvalue weighted by Gasteiger charge is -2.26. The minimum atomic E-state index is -0.801. The lowest BCUT2D eigenvalue weighted by Crippen LogP contribution is -2.39. The molecular weight excluding hydrogens is 218 g/mol. The molecule has 0 aliphatic heterocycles. The summed E-state index contributed by atoms with van der Waals surface area (Å²) in [6, 6.07) is 0. The van der Waals surface area contributed by atoms with Crippen LogP contribution in [0.4, 0.5) is 0 Å². The summed E-state index contributed by atoms with van der Waals surface area (Å²) in [7, 11) is 0. The minimum absolute atomic E-state index is 0.120. The number of nitrogens with one attached hydrogen (secondary N) is 1. The molecule has 0 radical (unpaired) electrons. The van der Waals surface area contributed by atoms with E-state index in [9.17, 15) is 9.59 Å². The van der Waals surface area contributed by atoms with E-state index in [1.54, 1.807) is 6.92 Å². The number of amides is 1. The summed E-state index contributed by atoms with van der Waals surface area (Å²) in [5.41, 5.74) is -0.174. The first-order chi connectivity index (χ1) is 8.02. The molecule has 0 aromatic carbocycles. The third-order valence-corrected chi connectivity index (χ3v) is 4.00. The molecule has 1 saturated carbocycles. The molecule has 1 aliphatic carbocycles. The van der Waals surface area contributed by atoms with E-state index in [1.165, 1.54) is 0 Å². The number of carboxylic acids is 1. The molecular formula is C13H23NO3. The van der Waals surface area contributed by atoms with Crippen molar-refractivity contribution in [2.45, 2.75) is 52.4 Å². The van der Waals surface area contributed by atoms with Crippen molar-refractivity contribution in [3.8, 4) is 0 Å². The Hall–Kier alpha value is -1.06. The first-order valence-corrected chi connectivity index (χ1v) is 6.53. The van der Waals surface area contributed by atoms with Crippen LogP contribution in [0.15, 0.2) is 0 Å². The Morgan fingerprint density at radius 3 is 2.41 bits per heavy atom. The maximum absolute atomic E-state index is 12.1. The molecule has 4 heteroatoms. The second-order valence-electron chi connectivity index (χ2n) is 5.12. The van der Waals surface area contributed by atoms with Gasteiger partial charge in [-0.2, -0.15) is 0 Å². The quantitative estimate of drug-likeness (QED) is 0.749. The molecule has 1 atom stereocenters. The number of hydrogen-bond donors (Lipinski definition) is 2. The summed E-state index contributed by atoms with van der Waals surface area (Å²) in [6.07, 6.45) is 5.60. The van der Waals surface area contributed by atoms with Crippen LogP contribution in [0.2, 0.25) is 0 Å². The average molecular weight is 241 g/mol. The van der Waals surface area contributed by atoms with Gasteiger partial charge < -0.3 is 10.4 Å². The zero-order valence-corrected chi connectivity index (χ0v) is 10.8. The highest BCUT2D eigenvalue weighted by Crippen LogP contribution is 2.41. The average Bonchev–Trinajstić information content (AvgIpc) is 2.78. The molecule has 0 aromatic heterocycles. The molecule has 1 aliphatic rings. The van der Waals surface area contributed by atoms with Gasteiger partial charge in [0, 0.05) is 12.0 Å². The molecule has 2 N–H and O–H groups in total. The van der Waals surface area contributed by atoms with E-state index in [1.807, 2.05) is 0 Å². The predicted octanol–water partition coefficient (Wildman–Crippen LogP) is 2.18. The van der Waals surface area contributed by atoms with E-state index < -0.39 is 11.9 Å². The van der Waals surface area contributed by atoms with Gasteiger partial charge >= 0.3 is 5.97 Å². The van der Waals surface area contributed by atoms with Crippen LogP contribution in [0.3, 0.4) is 0 Å². The number of carbonyl (C=O) groups excluding carboxylic acids is 1. The van der Waals surface area contributed by atoms with Crippen molar-refractivity contribution >= 4 is 11.9 Å². The minimum Gasteiger partial charge on any atom is -0.481 e. The van der Waals surface area contributed by atoms with Gasteiger partial charge in [-0.1, -0.05) is 26.7 Å². The number of rotatable bonds is 6. The van der Waals surface area contributed by atoms with Gasteiger partial charge in [-0.05, 0) is 25.7 Å². The van der Waals surface area contributed by atoms with Gasteiger partial charge in [-0.15, -0.1) is 0 Å². The standard InChI is InChI=1S/C13H23NO3/c1-3-13(7-4-5-8-13)12(17)14-9-6-10(2)11(15)16/h10H,3-9H2,1-2H3,(H,14,17)(H,15,16). The van der Waals surface area contributed by atoms with E-state index in [0.717, 1.165) is 32.1 Å². The first kappa shape index (κ1) is 14.0. The van der Waals surface area contributed by atoms with Crippen molar-refractivity contribution in [2.75, 3.05) is 6.54 Å². The van der Waals surface area contributed by atoms with Crippen LogP contribution in [0.5, 0.6) is 0 Å². The fraction of sp³-hybridized carbons (Fsp3) is 0.846. The molecule has 0 saturated heterocycles. The summed E-state index contributed by atoms with van der Waals surface area (Å²) in [5.74, 6) is -1.07. The van der Waals surface area contributed by atoms with E-state index in [4.69, 9.17) is 5.11 Å². The Kier molecular flexibility index (Phi) is 4.97. The summed E-state index contributed by atoms with van der Waals surface area (Å²) in [5, 5.41) is 11.6. The molecule has 98 valence electrons. The van der Waals surface area contributed by atoms with Crippen molar-refractivity contribution in [3.63, 3.8) is 0 Å². The molecule has 4 nitrogen and oxygen atoms in total. The Bertz CT molecular complexity index is 282. The van der Waals surface area contributed by atoms with Crippen LogP contribution in [0.1, 0.15) is 52.4 Å². The lowest BCUT2D eigenvalue weighted by atomic mass is 9.82. The summed E-state index contributed by atoms with van der Waals surface area (Å²) < 4.78 is 0. The third kappa shape index (κ3) is 3.45. The zero-order chi connectivity index (χ0) is 12.9. The molecule has 1 rings (SSSR count).